The molecule has 0 radical (unpaired) electrons. The molecule has 0 unspecified atom stereocenters. The summed E-state index contributed by atoms with van der Waals surface area (Å²) >= 11 is 5.98. The Morgan fingerprint density at radius 1 is 0.833 bits per heavy atom. The van der Waals surface area contributed by atoms with Gasteiger partial charge in [0.05, 0.1) is 23.0 Å². The first kappa shape index (κ1) is 17.6. The molecule has 1 saturated heterocycles. The van der Waals surface area contributed by atoms with Crippen molar-refractivity contribution in [3.8, 4) is 0 Å². The third-order valence-electron chi connectivity index (χ3n) is 6.49. The lowest BCUT2D eigenvalue weighted by atomic mass is 9.87. The van der Waals surface area contributed by atoms with Crippen LogP contribution in [0.3, 0.4) is 0 Å². The molecule has 0 saturated carbocycles. The summed E-state index contributed by atoms with van der Waals surface area (Å²) in [5.74, 6) is -0.143. The Kier molecular flexibility index (Phi) is 3.90. The lowest BCUT2D eigenvalue weighted by Gasteiger charge is -2.38. The topological polar surface area (TPSA) is 36.1 Å². The van der Waals surface area contributed by atoms with E-state index in [1.807, 2.05) is 42.5 Å². The van der Waals surface area contributed by atoms with E-state index < -0.39 is 0 Å². The van der Waals surface area contributed by atoms with Crippen molar-refractivity contribution in [2.45, 2.75) is 24.4 Å². The molecule has 1 aromatic heterocycles. The maximum absolute atomic E-state index is 13.7. The fourth-order valence-corrected chi connectivity index (χ4v) is 5.67. The molecule has 0 bridgehead atoms. The molecule has 3 aromatic carbocycles. The average molecular weight is 409 g/mol. The van der Waals surface area contributed by atoms with Gasteiger partial charge in [0.2, 0.25) is 0 Å². The number of rotatable bonds is 2. The standard InChI is InChI=1S/C26H20N2OS/c29-25-21-15-19-18-13-7-8-14-20(18)27-23(19)24(17-11-5-2-6-12-17)28(21)26(30)22(25)16-9-3-1-4-10-16/h1-14,21-22,24,27H,15H2/t21-,22+,24+/m1/s1. The van der Waals surface area contributed by atoms with Gasteiger partial charge in [-0.05, 0) is 22.8 Å². The van der Waals surface area contributed by atoms with Crippen molar-refractivity contribution in [1.82, 2.24) is 9.88 Å². The second-order valence-electron chi connectivity index (χ2n) is 8.09. The number of carbonyl (C=O) groups excluding carboxylic acids is 1. The zero-order valence-electron chi connectivity index (χ0n) is 16.3. The van der Waals surface area contributed by atoms with Gasteiger partial charge in [-0.3, -0.25) is 4.79 Å². The number of H-pyrrole nitrogens is 1. The molecule has 0 aliphatic carbocycles. The Balaban J connectivity index is 1.56. The lowest BCUT2D eigenvalue weighted by molar-refractivity contribution is -0.121. The van der Waals surface area contributed by atoms with Gasteiger partial charge in [-0.15, -0.1) is 0 Å². The Labute approximate surface area is 180 Å². The van der Waals surface area contributed by atoms with E-state index in [9.17, 15) is 4.79 Å². The van der Waals surface area contributed by atoms with Crippen LogP contribution in [0.15, 0.2) is 84.9 Å². The van der Waals surface area contributed by atoms with Crippen LogP contribution < -0.4 is 0 Å². The van der Waals surface area contributed by atoms with E-state index >= 15 is 0 Å². The first-order chi connectivity index (χ1) is 14.7. The fourth-order valence-electron chi connectivity index (χ4n) is 5.18. The van der Waals surface area contributed by atoms with Crippen molar-refractivity contribution in [2.75, 3.05) is 0 Å². The molecule has 6 rings (SSSR count). The van der Waals surface area contributed by atoms with Crippen molar-refractivity contribution in [1.29, 1.82) is 0 Å². The molecular weight excluding hydrogens is 388 g/mol. The van der Waals surface area contributed by atoms with Crippen molar-refractivity contribution in [3.63, 3.8) is 0 Å². The van der Waals surface area contributed by atoms with Gasteiger partial charge in [0.25, 0.3) is 0 Å². The molecule has 4 aromatic rings. The normalized spacial score (nSPS) is 22.9. The molecule has 4 heteroatoms. The summed E-state index contributed by atoms with van der Waals surface area (Å²) in [6.45, 7) is 0. The molecule has 30 heavy (non-hydrogen) atoms. The van der Waals surface area contributed by atoms with E-state index in [2.05, 4.69) is 52.3 Å². The maximum atomic E-state index is 13.7. The van der Waals surface area contributed by atoms with Crippen LogP contribution in [-0.4, -0.2) is 26.7 Å². The Morgan fingerprint density at radius 2 is 1.47 bits per heavy atom. The number of fused-ring (bicyclic) bond motifs is 4. The minimum Gasteiger partial charge on any atom is -0.356 e. The molecule has 2 aliphatic rings. The second kappa shape index (κ2) is 6.64. The minimum atomic E-state index is -0.354. The van der Waals surface area contributed by atoms with Crippen LogP contribution in [0, 0.1) is 0 Å². The van der Waals surface area contributed by atoms with E-state index in [1.165, 1.54) is 10.9 Å². The highest BCUT2D eigenvalue weighted by Crippen LogP contribution is 2.47. The fraction of sp³-hybridized carbons (Fsp3) is 0.154. The van der Waals surface area contributed by atoms with Gasteiger partial charge >= 0.3 is 0 Å². The Hall–Kier alpha value is -3.24. The molecule has 0 amide bonds. The number of Topliss-reactive ketones (excluding diaryl/α,β-unsaturated/α-hetero) is 1. The summed E-state index contributed by atoms with van der Waals surface area (Å²) in [5, 5.41) is 1.20. The van der Waals surface area contributed by atoms with Gasteiger partial charge in [0, 0.05) is 23.0 Å². The number of aromatic nitrogens is 1. The molecule has 146 valence electrons. The third-order valence-corrected chi connectivity index (χ3v) is 6.94. The maximum Gasteiger partial charge on any atom is 0.169 e. The predicted molar refractivity (Wildman–Crippen MR) is 123 cm³/mol. The molecule has 3 nitrogen and oxygen atoms in total. The Bertz CT molecular complexity index is 1280. The minimum absolute atomic E-state index is 0.0856. The summed E-state index contributed by atoms with van der Waals surface area (Å²) in [4.78, 5) is 20.2. The van der Waals surface area contributed by atoms with Crippen molar-refractivity contribution < 1.29 is 4.79 Å². The number of ketones is 1. The molecular formula is C26H20N2OS. The summed E-state index contributed by atoms with van der Waals surface area (Å²) < 4.78 is 0. The number of nitrogens with zero attached hydrogens (tertiary/aromatic N) is 1. The average Bonchev–Trinajstić information content (AvgIpc) is 3.28. The van der Waals surface area contributed by atoms with E-state index in [4.69, 9.17) is 12.2 Å². The van der Waals surface area contributed by atoms with Crippen molar-refractivity contribution in [3.05, 3.63) is 107 Å². The van der Waals surface area contributed by atoms with Gasteiger partial charge in [0.1, 0.15) is 0 Å². The molecule has 2 aliphatic heterocycles. The summed E-state index contributed by atoms with van der Waals surface area (Å²) in [5.41, 5.74) is 5.65. The molecule has 3 heterocycles. The van der Waals surface area contributed by atoms with Gasteiger partial charge in [-0.2, -0.15) is 0 Å². The van der Waals surface area contributed by atoms with Crippen LogP contribution in [0.25, 0.3) is 10.9 Å². The molecule has 1 N–H and O–H groups in total. The van der Waals surface area contributed by atoms with Crippen LogP contribution in [0.2, 0.25) is 0 Å². The van der Waals surface area contributed by atoms with E-state index in [-0.39, 0.29) is 23.8 Å². The number of hydrogen-bond donors (Lipinski definition) is 1. The van der Waals surface area contributed by atoms with E-state index in [0.717, 1.165) is 27.3 Å². The number of benzene rings is 3. The summed E-state index contributed by atoms with van der Waals surface area (Å²) in [6, 6.07) is 28.4. The highest BCUT2D eigenvalue weighted by molar-refractivity contribution is 7.80. The lowest BCUT2D eigenvalue weighted by Crippen LogP contribution is -2.43. The number of thiocarbonyl (C=S) groups is 1. The monoisotopic (exact) mass is 408 g/mol. The SMILES string of the molecule is O=C1[C@H](c2ccccc2)C(=S)N2[C@@H](c3ccccc3)c3[nH]c4ccccc4c3C[C@H]12. The van der Waals surface area contributed by atoms with Crippen LogP contribution in [0.1, 0.15) is 34.3 Å². The van der Waals surface area contributed by atoms with E-state index in [1.54, 1.807) is 0 Å². The van der Waals surface area contributed by atoms with Gasteiger partial charge in [-0.25, -0.2) is 0 Å². The van der Waals surface area contributed by atoms with Gasteiger partial charge in [0.15, 0.2) is 5.78 Å². The Morgan fingerprint density at radius 3 is 2.20 bits per heavy atom. The highest BCUT2D eigenvalue weighted by atomic mass is 32.1. The number of carbonyl (C=O) groups is 1. The zero-order valence-corrected chi connectivity index (χ0v) is 17.1. The quantitative estimate of drug-likeness (QED) is 0.465. The first-order valence-corrected chi connectivity index (χ1v) is 10.7. The van der Waals surface area contributed by atoms with Crippen LogP contribution >= 0.6 is 12.2 Å². The first-order valence-electron chi connectivity index (χ1n) is 10.3. The number of aromatic amines is 1. The summed E-state index contributed by atoms with van der Waals surface area (Å²) in [7, 11) is 0. The number of para-hydroxylation sites is 1. The van der Waals surface area contributed by atoms with Crippen LogP contribution in [0.5, 0.6) is 0 Å². The van der Waals surface area contributed by atoms with E-state index in [0.29, 0.717) is 6.42 Å². The van der Waals surface area contributed by atoms with Crippen molar-refractivity contribution >= 4 is 33.9 Å². The van der Waals surface area contributed by atoms with Gasteiger partial charge in [-0.1, -0.05) is 91.1 Å². The summed E-state index contributed by atoms with van der Waals surface area (Å²) in [6.07, 6.45) is 0.686. The third kappa shape index (κ3) is 2.44. The predicted octanol–water partition coefficient (Wildman–Crippen LogP) is 5.18. The molecule has 3 atom stereocenters. The largest absolute Gasteiger partial charge is 0.356 e. The van der Waals surface area contributed by atoms with Crippen LogP contribution in [0.4, 0.5) is 0 Å². The number of nitrogens with one attached hydrogen (secondary N) is 1. The number of hydrogen-bond acceptors (Lipinski definition) is 2. The molecule has 0 spiro atoms. The van der Waals surface area contributed by atoms with Gasteiger partial charge < -0.3 is 9.88 Å². The smallest absolute Gasteiger partial charge is 0.169 e. The zero-order chi connectivity index (χ0) is 20.2. The van der Waals surface area contributed by atoms with Crippen molar-refractivity contribution in [2.24, 2.45) is 0 Å². The highest BCUT2D eigenvalue weighted by Gasteiger charge is 2.51. The second-order valence-corrected chi connectivity index (χ2v) is 8.51. The molecule has 1 fully saturated rings. The van der Waals surface area contributed by atoms with Crippen LogP contribution in [-0.2, 0) is 11.2 Å².